The van der Waals surface area contributed by atoms with E-state index in [9.17, 15) is 4.79 Å². The Morgan fingerprint density at radius 1 is 1.19 bits per heavy atom. The molecule has 0 radical (unpaired) electrons. The average molecular weight is 285 g/mol. The normalized spacial score (nSPS) is 10.0. The second-order valence-corrected chi connectivity index (χ2v) is 4.70. The van der Waals surface area contributed by atoms with E-state index in [2.05, 4.69) is 15.6 Å². The molecule has 0 bridgehead atoms. The smallest absolute Gasteiger partial charge is 0.315 e. The van der Waals surface area contributed by atoms with E-state index in [0.29, 0.717) is 13.1 Å². The molecule has 21 heavy (non-hydrogen) atoms. The van der Waals surface area contributed by atoms with Gasteiger partial charge < -0.3 is 15.4 Å². The van der Waals surface area contributed by atoms with Crippen molar-refractivity contribution in [3.8, 4) is 5.75 Å². The number of pyridine rings is 1. The van der Waals surface area contributed by atoms with Gasteiger partial charge >= 0.3 is 6.03 Å². The highest BCUT2D eigenvalue weighted by molar-refractivity contribution is 5.73. The maximum Gasteiger partial charge on any atom is 0.315 e. The van der Waals surface area contributed by atoms with E-state index in [1.54, 1.807) is 19.5 Å². The van der Waals surface area contributed by atoms with Crippen molar-refractivity contribution in [1.82, 2.24) is 15.6 Å². The number of hydrogen-bond acceptors (Lipinski definition) is 3. The Labute approximate surface area is 124 Å². The minimum Gasteiger partial charge on any atom is -0.496 e. The molecule has 2 N–H and O–H groups in total. The van der Waals surface area contributed by atoms with Gasteiger partial charge in [0.15, 0.2) is 0 Å². The number of methoxy groups -OCH3 is 1. The molecule has 2 aromatic rings. The van der Waals surface area contributed by atoms with Crippen LogP contribution in [-0.2, 0) is 13.1 Å². The monoisotopic (exact) mass is 285 g/mol. The molecular weight excluding hydrogens is 266 g/mol. The van der Waals surface area contributed by atoms with E-state index in [-0.39, 0.29) is 6.03 Å². The highest BCUT2D eigenvalue weighted by Gasteiger charge is 2.03. The molecular formula is C16H19N3O2. The van der Waals surface area contributed by atoms with Gasteiger partial charge in [-0.15, -0.1) is 0 Å². The van der Waals surface area contributed by atoms with Crippen molar-refractivity contribution in [2.75, 3.05) is 7.11 Å². The zero-order chi connectivity index (χ0) is 15.1. The van der Waals surface area contributed by atoms with Crippen molar-refractivity contribution in [2.24, 2.45) is 0 Å². The molecule has 0 fully saturated rings. The number of aryl methyl sites for hydroxylation is 1. The summed E-state index contributed by atoms with van der Waals surface area (Å²) in [7, 11) is 1.64. The number of ether oxygens (including phenoxy) is 1. The van der Waals surface area contributed by atoms with Crippen molar-refractivity contribution in [1.29, 1.82) is 0 Å². The van der Waals surface area contributed by atoms with Gasteiger partial charge in [0, 0.05) is 25.5 Å². The van der Waals surface area contributed by atoms with Crippen LogP contribution >= 0.6 is 0 Å². The zero-order valence-corrected chi connectivity index (χ0v) is 12.2. The Morgan fingerprint density at radius 2 is 1.95 bits per heavy atom. The minimum absolute atomic E-state index is 0.210. The van der Waals surface area contributed by atoms with E-state index >= 15 is 0 Å². The van der Waals surface area contributed by atoms with E-state index in [4.69, 9.17) is 4.74 Å². The fourth-order valence-corrected chi connectivity index (χ4v) is 1.90. The van der Waals surface area contributed by atoms with Crippen LogP contribution in [0.15, 0.2) is 42.7 Å². The van der Waals surface area contributed by atoms with Gasteiger partial charge in [-0.05, 0) is 35.7 Å². The Kier molecular flexibility index (Phi) is 5.15. The number of nitrogens with one attached hydrogen (secondary N) is 2. The first kappa shape index (κ1) is 14.8. The largest absolute Gasteiger partial charge is 0.496 e. The van der Waals surface area contributed by atoms with Gasteiger partial charge in [0.2, 0.25) is 0 Å². The topological polar surface area (TPSA) is 63.2 Å². The average Bonchev–Trinajstić information content (AvgIpc) is 2.53. The highest BCUT2D eigenvalue weighted by Crippen LogP contribution is 2.18. The SMILES string of the molecule is COc1cc(CNC(=O)NCc2cccnc2)ccc1C. The van der Waals surface area contributed by atoms with Gasteiger partial charge in [0.1, 0.15) is 5.75 Å². The van der Waals surface area contributed by atoms with Gasteiger partial charge in [0.05, 0.1) is 7.11 Å². The molecule has 0 unspecified atom stereocenters. The first-order chi connectivity index (χ1) is 10.2. The third kappa shape index (κ3) is 4.49. The predicted molar refractivity (Wildman–Crippen MR) is 81.0 cm³/mol. The number of carbonyl (C=O) groups excluding carboxylic acids is 1. The number of amides is 2. The molecule has 0 spiro atoms. The van der Waals surface area contributed by atoms with Gasteiger partial charge in [-0.25, -0.2) is 4.79 Å². The molecule has 2 amide bonds. The summed E-state index contributed by atoms with van der Waals surface area (Å²) in [6.45, 7) is 2.89. The van der Waals surface area contributed by atoms with E-state index in [1.807, 2.05) is 37.3 Å². The van der Waals surface area contributed by atoms with Crippen molar-refractivity contribution in [3.05, 3.63) is 59.4 Å². The van der Waals surface area contributed by atoms with Crippen molar-refractivity contribution in [2.45, 2.75) is 20.0 Å². The summed E-state index contributed by atoms with van der Waals surface area (Å²) in [4.78, 5) is 15.7. The van der Waals surface area contributed by atoms with Crippen LogP contribution in [0.4, 0.5) is 4.79 Å². The molecule has 5 heteroatoms. The quantitative estimate of drug-likeness (QED) is 0.886. The van der Waals surface area contributed by atoms with E-state index in [1.165, 1.54) is 0 Å². The van der Waals surface area contributed by atoms with Crippen LogP contribution in [0.1, 0.15) is 16.7 Å². The van der Waals surface area contributed by atoms with E-state index in [0.717, 1.165) is 22.4 Å². The molecule has 1 aromatic carbocycles. The lowest BCUT2D eigenvalue weighted by atomic mass is 10.1. The summed E-state index contributed by atoms with van der Waals surface area (Å²) in [5.41, 5.74) is 3.03. The second kappa shape index (κ2) is 7.28. The van der Waals surface area contributed by atoms with Crippen molar-refractivity contribution < 1.29 is 9.53 Å². The summed E-state index contributed by atoms with van der Waals surface area (Å²) in [6.07, 6.45) is 3.43. The third-order valence-electron chi connectivity index (χ3n) is 3.10. The number of benzene rings is 1. The molecule has 0 atom stereocenters. The molecule has 5 nitrogen and oxygen atoms in total. The van der Waals surface area contributed by atoms with Gasteiger partial charge in [-0.2, -0.15) is 0 Å². The van der Waals surface area contributed by atoms with Crippen LogP contribution in [0.5, 0.6) is 5.75 Å². The lowest BCUT2D eigenvalue weighted by Crippen LogP contribution is -2.34. The first-order valence-corrected chi connectivity index (χ1v) is 6.73. The standard InChI is InChI=1S/C16H19N3O2/c1-12-5-6-13(8-15(12)21-2)10-18-16(20)19-11-14-4-3-7-17-9-14/h3-9H,10-11H2,1-2H3,(H2,18,19,20). The van der Waals surface area contributed by atoms with Gasteiger partial charge in [-0.1, -0.05) is 18.2 Å². The molecule has 110 valence electrons. The molecule has 2 rings (SSSR count). The van der Waals surface area contributed by atoms with Crippen LogP contribution in [-0.4, -0.2) is 18.1 Å². The summed E-state index contributed by atoms with van der Waals surface area (Å²) in [5.74, 6) is 0.824. The first-order valence-electron chi connectivity index (χ1n) is 6.73. The van der Waals surface area contributed by atoms with Crippen molar-refractivity contribution >= 4 is 6.03 Å². The molecule has 0 aliphatic heterocycles. The summed E-state index contributed by atoms with van der Waals surface area (Å²) >= 11 is 0. The third-order valence-corrected chi connectivity index (χ3v) is 3.10. The van der Waals surface area contributed by atoms with Crippen LogP contribution < -0.4 is 15.4 Å². The molecule has 0 saturated carbocycles. The maximum absolute atomic E-state index is 11.7. The maximum atomic E-state index is 11.7. The molecule has 0 aliphatic rings. The molecule has 1 aromatic heterocycles. The lowest BCUT2D eigenvalue weighted by Gasteiger charge is -2.10. The Bertz CT molecular complexity index is 600. The van der Waals surface area contributed by atoms with Crippen molar-refractivity contribution in [3.63, 3.8) is 0 Å². The summed E-state index contributed by atoms with van der Waals surface area (Å²) < 4.78 is 5.26. The number of carbonyl (C=O) groups is 1. The fourth-order valence-electron chi connectivity index (χ4n) is 1.90. The van der Waals surface area contributed by atoms with Crippen LogP contribution in [0.25, 0.3) is 0 Å². The number of aromatic nitrogens is 1. The van der Waals surface area contributed by atoms with Gasteiger partial charge in [-0.3, -0.25) is 4.98 Å². The summed E-state index contributed by atoms with van der Waals surface area (Å²) in [5, 5.41) is 5.60. The Balaban J connectivity index is 1.81. The number of urea groups is 1. The van der Waals surface area contributed by atoms with Gasteiger partial charge in [0.25, 0.3) is 0 Å². The Hall–Kier alpha value is -2.56. The number of hydrogen-bond donors (Lipinski definition) is 2. The number of nitrogens with zero attached hydrogens (tertiary/aromatic N) is 1. The molecule has 0 saturated heterocycles. The van der Waals surface area contributed by atoms with Crippen LogP contribution in [0.3, 0.4) is 0 Å². The zero-order valence-electron chi connectivity index (χ0n) is 12.2. The minimum atomic E-state index is -0.210. The Morgan fingerprint density at radius 3 is 2.62 bits per heavy atom. The van der Waals surface area contributed by atoms with Crippen LogP contribution in [0, 0.1) is 6.92 Å². The predicted octanol–water partition coefficient (Wildman–Crippen LogP) is 2.40. The lowest BCUT2D eigenvalue weighted by molar-refractivity contribution is 0.240. The second-order valence-electron chi connectivity index (χ2n) is 4.70. The van der Waals surface area contributed by atoms with Crippen LogP contribution in [0.2, 0.25) is 0 Å². The summed E-state index contributed by atoms with van der Waals surface area (Å²) in [6, 6.07) is 9.42. The highest BCUT2D eigenvalue weighted by atomic mass is 16.5. The van der Waals surface area contributed by atoms with E-state index < -0.39 is 0 Å². The molecule has 0 aliphatic carbocycles. The molecule has 1 heterocycles. The fraction of sp³-hybridized carbons (Fsp3) is 0.250. The number of rotatable bonds is 5.